The molecule has 166 valence electrons. The van der Waals surface area contributed by atoms with Crippen LogP contribution in [-0.2, 0) is 21.1 Å². The lowest BCUT2D eigenvalue weighted by molar-refractivity contribution is 0.0658. The second-order valence-electron chi connectivity index (χ2n) is 9.29. The van der Waals surface area contributed by atoms with Gasteiger partial charge in [-0.05, 0) is 57.0 Å². The molecular formula is C24H31N3O3S. The Morgan fingerprint density at radius 1 is 0.968 bits per heavy atom. The van der Waals surface area contributed by atoms with Gasteiger partial charge in [-0.15, -0.1) is 0 Å². The minimum absolute atomic E-state index is 0.0428. The summed E-state index contributed by atoms with van der Waals surface area (Å²) in [4.78, 5) is 17.0. The van der Waals surface area contributed by atoms with Gasteiger partial charge in [-0.3, -0.25) is 9.80 Å². The molecular weight excluding hydrogens is 410 g/mol. The van der Waals surface area contributed by atoms with Crippen molar-refractivity contribution in [2.75, 3.05) is 31.8 Å². The van der Waals surface area contributed by atoms with E-state index in [1.54, 1.807) is 11.0 Å². The Balaban J connectivity index is 1.57. The first kappa shape index (κ1) is 21.8. The molecule has 1 N–H and O–H groups in total. The first-order chi connectivity index (χ1) is 14.6. The average Bonchev–Trinajstić information content (AvgIpc) is 3.04. The van der Waals surface area contributed by atoms with Gasteiger partial charge in [-0.25, -0.2) is 13.2 Å². The van der Waals surface area contributed by atoms with Crippen molar-refractivity contribution in [2.45, 2.75) is 42.5 Å². The van der Waals surface area contributed by atoms with Crippen molar-refractivity contribution in [3.8, 4) is 0 Å². The molecule has 0 radical (unpaired) electrons. The summed E-state index contributed by atoms with van der Waals surface area (Å²) in [5.41, 5.74) is 2.34. The Kier molecular flexibility index (Phi) is 5.60. The molecule has 7 heteroatoms. The smallest absolute Gasteiger partial charge is 0.322 e. The predicted octanol–water partition coefficient (Wildman–Crippen LogP) is 3.53. The molecule has 4 rings (SSSR count). The highest BCUT2D eigenvalue weighted by atomic mass is 32.2. The maximum absolute atomic E-state index is 13.0. The largest absolute Gasteiger partial charge is 0.330 e. The van der Waals surface area contributed by atoms with E-state index in [-0.39, 0.29) is 22.9 Å². The number of amides is 2. The van der Waals surface area contributed by atoms with Crippen LogP contribution in [0.2, 0.25) is 0 Å². The first-order valence-electron chi connectivity index (χ1n) is 10.7. The zero-order valence-corrected chi connectivity index (χ0v) is 19.3. The topological polar surface area (TPSA) is 69.7 Å². The molecule has 2 amide bonds. The molecule has 6 nitrogen and oxygen atoms in total. The number of para-hydroxylation sites is 1. The normalized spacial score (nSPS) is 26.5. The molecule has 0 aromatic heterocycles. The number of hydrogen-bond donors (Lipinski definition) is 1. The van der Waals surface area contributed by atoms with Crippen molar-refractivity contribution >= 4 is 21.6 Å². The van der Waals surface area contributed by atoms with Gasteiger partial charge in [0.15, 0.2) is 9.84 Å². The molecule has 0 unspecified atom stereocenters. The summed E-state index contributed by atoms with van der Waals surface area (Å²) in [6, 6.07) is 17.8. The Labute approximate surface area is 185 Å². The Morgan fingerprint density at radius 2 is 1.58 bits per heavy atom. The van der Waals surface area contributed by atoms with Crippen molar-refractivity contribution in [1.82, 2.24) is 10.2 Å². The minimum atomic E-state index is -3.20. The first-order valence-corrected chi connectivity index (χ1v) is 12.8. The van der Waals surface area contributed by atoms with Crippen LogP contribution in [-0.4, -0.2) is 51.8 Å². The fourth-order valence-corrected chi connectivity index (χ4v) is 6.06. The number of urea groups is 1. The van der Waals surface area contributed by atoms with Gasteiger partial charge < -0.3 is 5.32 Å². The molecule has 31 heavy (non-hydrogen) atoms. The zero-order chi connectivity index (χ0) is 22.3. The van der Waals surface area contributed by atoms with E-state index < -0.39 is 9.84 Å². The van der Waals surface area contributed by atoms with Crippen LogP contribution < -0.4 is 10.2 Å². The molecule has 1 saturated heterocycles. The van der Waals surface area contributed by atoms with Gasteiger partial charge in [0.25, 0.3) is 0 Å². The Bertz CT molecular complexity index is 1060. The van der Waals surface area contributed by atoms with E-state index >= 15 is 0 Å². The van der Waals surface area contributed by atoms with E-state index in [4.69, 9.17) is 0 Å². The third kappa shape index (κ3) is 4.21. The van der Waals surface area contributed by atoms with Gasteiger partial charge in [-0.2, -0.15) is 0 Å². The fraction of sp³-hybridized carbons (Fsp3) is 0.458. The number of rotatable bonds is 5. The maximum atomic E-state index is 13.0. The number of anilines is 1. The van der Waals surface area contributed by atoms with Crippen LogP contribution in [0.25, 0.3) is 0 Å². The summed E-state index contributed by atoms with van der Waals surface area (Å²) in [6.07, 6.45) is 4.86. The number of nitrogens with zero attached hydrogens (tertiary/aromatic N) is 2. The SMILES string of the molecule is CN(C)[C@]1(c2ccccc2)CC[C@@]2(CC1)CN(c1ccccc1CS(C)(=O)=O)C(=O)N2. The van der Waals surface area contributed by atoms with Gasteiger partial charge in [0.2, 0.25) is 0 Å². The molecule has 1 aliphatic heterocycles. The van der Waals surface area contributed by atoms with E-state index in [1.165, 1.54) is 11.8 Å². The van der Waals surface area contributed by atoms with Gasteiger partial charge in [0, 0.05) is 17.5 Å². The van der Waals surface area contributed by atoms with Gasteiger partial charge in [0.1, 0.15) is 0 Å². The monoisotopic (exact) mass is 441 g/mol. The molecule has 1 heterocycles. The summed E-state index contributed by atoms with van der Waals surface area (Å²) in [6.45, 7) is 0.560. The van der Waals surface area contributed by atoms with Crippen molar-refractivity contribution in [3.63, 3.8) is 0 Å². The van der Waals surface area contributed by atoms with Crippen LogP contribution in [0.3, 0.4) is 0 Å². The van der Waals surface area contributed by atoms with Crippen molar-refractivity contribution in [3.05, 3.63) is 65.7 Å². The van der Waals surface area contributed by atoms with Gasteiger partial charge >= 0.3 is 6.03 Å². The second-order valence-corrected chi connectivity index (χ2v) is 11.4. The van der Waals surface area contributed by atoms with E-state index in [1.807, 2.05) is 24.3 Å². The molecule has 1 aliphatic carbocycles. The van der Waals surface area contributed by atoms with Crippen LogP contribution in [0.4, 0.5) is 10.5 Å². The van der Waals surface area contributed by atoms with E-state index in [0.29, 0.717) is 17.8 Å². The van der Waals surface area contributed by atoms with Crippen LogP contribution in [0, 0.1) is 0 Å². The highest BCUT2D eigenvalue weighted by Gasteiger charge is 2.50. The number of carbonyl (C=O) groups is 1. The molecule has 0 atom stereocenters. The van der Waals surface area contributed by atoms with E-state index in [2.05, 4.69) is 48.6 Å². The van der Waals surface area contributed by atoms with Crippen LogP contribution >= 0.6 is 0 Å². The molecule has 1 spiro atoms. The highest BCUT2D eigenvalue weighted by molar-refractivity contribution is 7.89. The zero-order valence-electron chi connectivity index (χ0n) is 18.5. The lowest BCUT2D eigenvalue weighted by Gasteiger charge is -2.48. The quantitative estimate of drug-likeness (QED) is 0.771. The van der Waals surface area contributed by atoms with Crippen LogP contribution in [0.1, 0.15) is 36.8 Å². The van der Waals surface area contributed by atoms with Crippen LogP contribution in [0.15, 0.2) is 54.6 Å². The average molecular weight is 442 g/mol. The Morgan fingerprint density at radius 3 is 2.19 bits per heavy atom. The van der Waals surface area contributed by atoms with Crippen molar-refractivity contribution < 1.29 is 13.2 Å². The third-order valence-corrected chi connectivity index (χ3v) is 7.81. The summed E-state index contributed by atoms with van der Waals surface area (Å²) >= 11 is 0. The summed E-state index contributed by atoms with van der Waals surface area (Å²) in [5, 5.41) is 3.26. The standard InChI is InChI=1S/C24H31N3O3S/c1-26(2)24(20-10-5-4-6-11-20)15-13-23(14-16-24)18-27(22(28)25-23)21-12-8-7-9-19(21)17-31(3,29)30/h4-12H,13-18H2,1-3H3,(H,25,28)/t23-,24-. The summed E-state index contributed by atoms with van der Waals surface area (Å²) in [7, 11) is 1.06. The van der Waals surface area contributed by atoms with Crippen molar-refractivity contribution in [1.29, 1.82) is 0 Å². The maximum Gasteiger partial charge on any atom is 0.322 e. The predicted molar refractivity (Wildman–Crippen MR) is 124 cm³/mol. The lowest BCUT2D eigenvalue weighted by Crippen LogP contribution is -2.54. The molecule has 2 aromatic rings. The number of carbonyl (C=O) groups excluding carboxylic acids is 1. The second kappa shape index (κ2) is 7.95. The molecule has 2 fully saturated rings. The molecule has 1 saturated carbocycles. The fourth-order valence-electron chi connectivity index (χ4n) is 5.25. The van der Waals surface area contributed by atoms with E-state index in [9.17, 15) is 13.2 Å². The van der Waals surface area contributed by atoms with Crippen molar-refractivity contribution in [2.24, 2.45) is 0 Å². The number of benzene rings is 2. The number of hydrogen-bond acceptors (Lipinski definition) is 4. The van der Waals surface area contributed by atoms with Crippen LogP contribution in [0.5, 0.6) is 0 Å². The minimum Gasteiger partial charge on any atom is -0.330 e. The summed E-state index contributed by atoms with van der Waals surface area (Å²) < 4.78 is 23.8. The number of sulfone groups is 1. The van der Waals surface area contributed by atoms with Gasteiger partial charge in [0.05, 0.1) is 17.8 Å². The molecule has 0 bridgehead atoms. The number of nitrogens with one attached hydrogen (secondary N) is 1. The molecule has 2 aliphatic rings. The van der Waals surface area contributed by atoms with E-state index in [0.717, 1.165) is 25.7 Å². The molecule has 2 aromatic carbocycles. The van der Waals surface area contributed by atoms with Gasteiger partial charge in [-0.1, -0.05) is 48.5 Å². The third-order valence-electron chi connectivity index (χ3n) is 6.98. The lowest BCUT2D eigenvalue weighted by atomic mass is 9.69. The Hall–Kier alpha value is -2.38. The summed E-state index contributed by atoms with van der Waals surface area (Å²) in [5.74, 6) is -0.0717. The highest BCUT2D eigenvalue weighted by Crippen LogP contribution is 2.46.